The molecule has 198 valence electrons. The Morgan fingerprint density at radius 3 is 2.57 bits per heavy atom. The predicted octanol–water partition coefficient (Wildman–Crippen LogP) is 6.41. The van der Waals surface area contributed by atoms with Crippen LogP contribution in [0.15, 0.2) is 101 Å². The highest BCUT2D eigenvalue weighted by molar-refractivity contribution is 5.79. The van der Waals surface area contributed by atoms with Crippen molar-refractivity contribution < 1.29 is 4.39 Å². The molecule has 1 unspecified atom stereocenters. The molecule has 1 aliphatic carbocycles. The lowest BCUT2D eigenvalue weighted by Gasteiger charge is -2.32. The smallest absolute Gasteiger partial charge is 0.128 e. The van der Waals surface area contributed by atoms with E-state index in [4.69, 9.17) is 11.5 Å². The van der Waals surface area contributed by atoms with Gasteiger partial charge in [-0.15, -0.1) is 0 Å². The monoisotopic (exact) mass is 503 g/mol. The predicted molar refractivity (Wildman–Crippen MR) is 154 cm³/mol. The van der Waals surface area contributed by atoms with Gasteiger partial charge in [-0.25, -0.2) is 4.39 Å². The van der Waals surface area contributed by atoms with Crippen LogP contribution in [-0.2, 0) is 0 Å². The maximum atomic E-state index is 14.9. The minimum absolute atomic E-state index is 0.198. The molecular weight excluding hydrogens is 461 g/mol. The van der Waals surface area contributed by atoms with Crippen molar-refractivity contribution in [3.8, 4) is 0 Å². The first-order chi connectivity index (χ1) is 17.7. The second-order valence-corrected chi connectivity index (χ2v) is 9.84. The van der Waals surface area contributed by atoms with Crippen LogP contribution >= 0.6 is 0 Å². The zero-order valence-electron chi connectivity index (χ0n) is 22.7. The molecule has 5 nitrogen and oxygen atoms in total. The van der Waals surface area contributed by atoms with E-state index in [2.05, 4.69) is 53.3 Å². The Labute approximate surface area is 221 Å². The van der Waals surface area contributed by atoms with E-state index in [1.54, 1.807) is 18.4 Å². The van der Waals surface area contributed by atoms with Crippen LogP contribution in [0.3, 0.4) is 0 Å². The van der Waals surface area contributed by atoms with Crippen molar-refractivity contribution in [2.24, 2.45) is 11.5 Å². The molecule has 1 saturated heterocycles. The van der Waals surface area contributed by atoms with Crippen LogP contribution in [-0.4, -0.2) is 18.0 Å². The Hall–Kier alpha value is -3.67. The van der Waals surface area contributed by atoms with Crippen LogP contribution in [0.4, 0.5) is 4.39 Å². The van der Waals surface area contributed by atoms with Crippen molar-refractivity contribution in [1.82, 2.24) is 15.5 Å². The molecule has 0 aromatic heterocycles. The molecule has 0 radical (unpaired) electrons. The molecule has 6 heteroatoms. The molecule has 0 amide bonds. The maximum absolute atomic E-state index is 14.9. The Kier molecular flexibility index (Phi) is 9.84. The van der Waals surface area contributed by atoms with E-state index < -0.39 is 0 Å². The van der Waals surface area contributed by atoms with Gasteiger partial charge in [0, 0.05) is 60.1 Å². The van der Waals surface area contributed by atoms with E-state index in [1.165, 1.54) is 5.56 Å². The van der Waals surface area contributed by atoms with Crippen LogP contribution in [0.5, 0.6) is 0 Å². The molecule has 1 heterocycles. The molecule has 2 aliphatic rings. The normalized spacial score (nSPS) is 20.2. The van der Waals surface area contributed by atoms with Crippen molar-refractivity contribution >= 4 is 5.57 Å². The molecule has 37 heavy (non-hydrogen) atoms. The fourth-order valence-corrected chi connectivity index (χ4v) is 4.72. The number of allylic oxidation sites excluding steroid dienone is 7. The van der Waals surface area contributed by atoms with Gasteiger partial charge in [-0.2, -0.15) is 0 Å². The molecule has 1 atom stereocenters. The Balaban J connectivity index is 1.99. The van der Waals surface area contributed by atoms with E-state index in [0.717, 1.165) is 66.0 Å². The minimum Gasteiger partial charge on any atom is -0.404 e. The van der Waals surface area contributed by atoms with E-state index in [-0.39, 0.29) is 5.83 Å². The Bertz CT molecular complexity index is 1150. The minimum atomic E-state index is -0.198. The lowest BCUT2D eigenvalue weighted by molar-refractivity contribution is 0.465. The van der Waals surface area contributed by atoms with Gasteiger partial charge in [0.05, 0.1) is 11.7 Å². The molecular formula is C31H42FN5. The van der Waals surface area contributed by atoms with E-state index in [9.17, 15) is 4.39 Å². The fraction of sp³-hybridized carbons (Fsp3) is 0.355. The van der Waals surface area contributed by atoms with Crippen LogP contribution in [0.25, 0.3) is 5.57 Å². The van der Waals surface area contributed by atoms with Crippen molar-refractivity contribution in [2.75, 3.05) is 13.1 Å². The number of nitrogens with one attached hydrogen (secondary N) is 2. The summed E-state index contributed by atoms with van der Waals surface area (Å²) in [5.41, 5.74) is 20.8. The van der Waals surface area contributed by atoms with Gasteiger partial charge >= 0.3 is 0 Å². The summed E-state index contributed by atoms with van der Waals surface area (Å²) in [6, 6.07) is 8.77. The van der Waals surface area contributed by atoms with Gasteiger partial charge in [0.15, 0.2) is 0 Å². The van der Waals surface area contributed by atoms with Crippen molar-refractivity contribution in [3.63, 3.8) is 0 Å². The SMILES string of the molecule is C=C1CC(c2ccc(C(=C/N)/C(=C(\C)NCC3=C(C)CC/C=C/C=C3F)N(/C=C(\C)N)CCC)cc2)N1. The molecule has 3 rings (SSSR count). The average Bonchev–Trinajstić information content (AvgIpc) is 2.84. The number of hydrogen-bond acceptors (Lipinski definition) is 5. The first kappa shape index (κ1) is 27.9. The lowest BCUT2D eigenvalue weighted by atomic mass is 9.93. The molecule has 0 spiro atoms. The summed E-state index contributed by atoms with van der Waals surface area (Å²) in [7, 11) is 0. The van der Waals surface area contributed by atoms with Crippen LogP contribution < -0.4 is 22.1 Å². The summed E-state index contributed by atoms with van der Waals surface area (Å²) in [5.74, 6) is -0.198. The van der Waals surface area contributed by atoms with Crippen LogP contribution in [0, 0.1) is 0 Å². The second kappa shape index (κ2) is 13.0. The molecule has 0 bridgehead atoms. The highest BCUT2D eigenvalue weighted by atomic mass is 19.1. The second-order valence-electron chi connectivity index (χ2n) is 9.84. The van der Waals surface area contributed by atoms with Gasteiger partial charge in [-0.1, -0.05) is 55.5 Å². The summed E-state index contributed by atoms with van der Waals surface area (Å²) in [5, 5.41) is 6.86. The quantitative estimate of drug-likeness (QED) is 0.278. The van der Waals surface area contributed by atoms with Crippen molar-refractivity contribution in [3.05, 3.63) is 112 Å². The van der Waals surface area contributed by atoms with Gasteiger partial charge in [0.1, 0.15) is 5.83 Å². The zero-order valence-corrected chi connectivity index (χ0v) is 22.7. The maximum Gasteiger partial charge on any atom is 0.128 e. The highest BCUT2D eigenvalue weighted by Crippen LogP contribution is 2.33. The first-order valence-electron chi connectivity index (χ1n) is 13.1. The number of rotatable bonds is 10. The number of halogens is 1. The van der Waals surface area contributed by atoms with Crippen molar-refractivity contribution in [1.29, 1.82) is 0 Å². The number of nitrogens with zero attached hydrogens (tertiary/aromatic N) is 1. The Morgan fingerprint density at radius 2 is 1.97 bits per heavy atom. The molecule has 1 aromatic rings. The topological polar surface area (TPSA) is 79.3 Å². The third-order valence-corrected chi connectivity index (χ3v) is 6.74. The summed E-state index contributed by atoms with van der Waals surface area (Å²) in [6.45, 7) is 13.1. The van der Waals surface area contributed by atoms with Crippen molar-refractivity contribution in [2.45, 2.75) is 59.4 Å². The van der Waals surface area contributed by atoms with E-state index in [1.807, 2.05) is 33.0 Å². The largest absolute Gasteiger partial charge is 0.404 e. The Morgan fingerprint density at radius 1 is 1.27 bits per heavy atom. The molecule has 6 N–H and O–H groups in total. The van der Waals surface area contributed by atoms with Gasteiger partial charge < -0.3 is 27.0 Å². The van der Waals surface area contributed by atoms with Crippen LogP contribution in [0.2, 0.25) is 0 Å². The highest BCUT2D eigenvalue weighted by Gasteiger charge is 2.23. The number of benzene rings is 1. The summed E-state index contributed by atoms with van der Waals surface area (Å²) in [4.78, 5) is 2.13. The summed E-state index contributed by atoms with van der Waals surface area (Å²) >= 11 is 0. The number of nitrogens with two attached hydrogens (primary N) is 2. The lowest BCUT2D eigenvalue weighted by Crippen LogP contribution is -2.32. The van der Waals surface area contributed by atoms with Crippen LogP contribution in [0.1, 0.15) is 70.5 Å². The summed E-state index contributed by atoms with van der Waals surface area (Å²) < 4.78 is 14.9. The molecule has 0 saturated carbocycles. The van der Waals surface area contributed by atoms with E-state index >= 15 is 0 Å². The third kappa shape index (κ3) is 7.19. The van der Waals surface area contributed by atoms with E-state index in [0.29, 0.717) is 23.9 Å². The first-order valence-corrected chi connectivity index (χ1v) is 13.1. The molecule has 1 aromatic carbocycles. The fourth-order valence-electron chi connectivity index (χ4n) is 4.72. The average molecular weight is 504 g/mol. The number of hydrogen-bond donors (Lipinski definition) is 4. The van der Waals surface area contributed by atoms with Gasteiger partial charge in [-0.3, -0.25) is 0 Å². The molecule has 1 aliphatic heterocycles. The third-order valence-electron chi connectivity index (χ3n) is 6.74. The zero-order chi connectivity index (χ0) is 26.9. The van der Waals surface area contributed by atoms with Gasteiger partial charge in [-0.05, 0) is 57.2 Å². The van der Waals surface area contributed by atoms with Gasteiger partial charge in [0.25, 0.3) is 0 Å². The standard InChI is InChI=1S/C31H42FN5/c1-6-16-37(20-22(3)34)31(24(5)35-19-28-21(2)10-8-7-9-11-29(28)32)27(18-33)25-12-14-26(15-13-25)30-17-23(4)36-30/h7,9,11-15,18,20,30,35-36H,4,6,8,10,16-17,19,33-34H2,1-3,5H3/b9-7+,22-20+,27-18-,28-21?,29-11?,31-24-. The summed E-state index contributed by atoms with van der Waals surface area (Å²) in [6.07, 6.45) is 12.5. The van der Waals surface area contributed by atoms with Gasteiger partial charge in [0.2, 0.25) is 0 Å². The molecule has 1 fully saturated rings.